The zero-order chi connectivity index (χ0) is 22.7. The van der Waals surface area contributed by atoms with Crippen LogP contribution in [0.2, 0.25) is 5.02 Å². The number of ketones is 1. The van der Waals surface area contributed by atoms with Crippen molar-refractivity contribution in [2.75, 3.05) is 13.1 Å². The number of halogens is 3. The largest absolute Gasteiger partial charge is 0.417 e. The molecule has 2 aromatic heterocycles. The number of hydrogen-bond acceptors (Lipinski definition) is 5. The number of rotatable bonds is 6. The topological polar surface area (TPSA) is 72.4 Å². The van der Waals surface area contributed by atoms with E-state index < -0.39 is 18.3 Å². The van der Waals surface area contributed by atoms with Crippen LogP contribution in [0.4, 0.5) is 8.78 Å². The maximum atomic E-state index is 12.7. The number of alkyl halides is 2. The van der Waals surface area contributed by atoms with Gasteiger partial charge in [0.05, 0.1) is 17.0 Å². The summed E-state index contributed by atoms with van der Waals surface area (Å²) >= 11 is 5.80. The van der Waals surface area contributed by atoms with E-state index in [0.29, 0.717) is 42.2 Å². The third-order valence-corrected chi connectivity index (χ3v) is 5.75. The van der Waals surface area contributed by atoms with Crippen molar-refractivity contribution in [2.24, 2.45) is 0 Å². The molecular weight excluding hydrogens is 440 g/mol. The van der Waals surface area contributed by atoms with E-state index in [9.17, 15) is 18.4 Å². The highest BCUT2D eigenvalue weighted by Gasteiger charge is 2.29. The molecule has 6 nitrogen and oxygen atoms in total. The van der Waals surface area contributed by atoms with Crippen LogP contribution in [0.25, 0.3) is 10.9 Å². The predicted molar refractivity (Wildman–Crippen MR) is 115 cm³/mol. The van der Waals surface area contributed by atoms with Gasteiger partial charge in [0.1, 0.15) is 0 Å². The molecule has 0 atom stereocenters. The van der Waals surface area contributed by atoms with Crippen molar-refractivity contribution in [2.45, 2.75) is 31.8 Å². The Labute approximate surface area is 188 Å². The van der Waals surface area contributed by atoms with Gasteiger partial charge in [0.25, 0.3) is 5.91 Å². The highest BCUT2D eigenvalue weighted by molar-refractivity contribution is 6.36. The molecule has 32 heavy (non-hydrogen) atoms. The molecule has 0 bridgehead atoms. The van der Waals surface area contributed by atoms with Gasteiger partial charge in [-0.05, 0) is 42.5 Å². The van der Waals surface area contributed by atoms with E-state index >= 15 is 0 Å². The molecule has 0 spiro atoms. The number of ether oxygens (including phenoxy) is 1. The third kappa shape index (κ3) is 5.02. The molecule has 3 heterocycles. The lowest BCUT2D eigenvalue weighted by molar-refractivity contribution is -0.145. The minimum atomic E-state index is -2.96. The minimum Gasteiger partial charge on any atom is -0.417 e. The number of para-hydroxylation sites is 1. The third-order valence-electron chi connectivity index (χ3n) is 5.53. The van der Waals surface area contributed by atoms with Gasteiger partial charge in [0.2, 0.25) is 11.7 Å². The van der Waals surface area contributed by atoms with Crippen LogP contribution >= 0.6 is 11.6 Å². The summed E-state index contributed by atoms with van der Waals surface area (Å²) in [5, 5.41) is 1.32. The molecule has 1 aromatic carbocycles. The second-order valence-corrected chi connectivity index (χ2v) is 8.02. The van der Waals surface area contributed by atoms with Gasteiger partial charge in [-0.1, -0.05) is 29.8 Å². The number of fused-ring (bicyclic) bond motifs is 1. The number of piperidine rings is 1. The first-order chi connectivity index (χ1) is 15.4. The van der Waals surface area contributed by atoms with E-state index in [-0.39, 0.29) is 18.2 Å². The normalized spacial score (nSPS) is 14.7. The Kier molecular flexibility index (Phi) is 6.60. The summed E-state index contributed by atoms with van der Waals surface area (Å²) in [4.78, 5) is 34.8. The summed E-state index contributed by atoms with van der Waals surface area (Å²) in [6.45, 7) is -2.17. The van der Waals surface area contributed by atoms with Crippen LogP contribution in [-0.2, 0) is 16.0 Å². The standard InChI is InChI=1S/C23H20ClF2N3O3/c24-15-5-6-16(27-13-15)11-20(30)22(31)29-9-7-14(8-10-29)18-12-21(32-23(25)26)28-19-4-2-1-3-17(18)19/h1-6,12-14,23H,7-11H2. The molecule has 1 aliphatic rings. The van der Waals surface area contributed by atoms with Crippen molar-refractivity contribution in [3.63, 3.8) is 0 Å². The number of likely N-dealkylation sites (tertiary alicyclic amines) is 1. The van der Waals surface area contributed by atoms with E-state index in [1.54, 1.807) is 30.3 Å². The number of carbonyl (C=O) groups excluding carboxylic acids is 2. The fourth-order valence-electron chi connectivity index (χ4n) is 3.99. The van der Waals surface area contributed by atoms with E-state index in [0.717, 1.165) is 10.9 Å². The summed E-state index contributed by atoms with van der Waals surface area (Å²) in [7, 11) is 0. The van der Waals surface area contributed by atoms with Gasteiger partial charge >= 0.3 is 6.61 Å². The number of hydrogen-bond donors (Lipinski definition) is 0. The molecule has 1 amide bonds. The van der Waals surface area contributed by atoms with Crippen molar-refractivity contribution < 1.29 is 23.1 Å². The monoisotopic (exact) mass is 459 g/mol. The van der Waals surface area contributed by atoms with Gasteiger partial charge < -0.3 is 9.64 Å². The first-order valence-corrected chi connectivity index (χ1v) is 10.6. The Balaban J connectivity index is 1.45. The lowest BCUT2D eigenvalue weighted by Crippen LogP contribution is -2.42. The molecule has 0 aliphatic carbocycles. The minimum absolute atomic E-state index is 0.0278. The van der Waals surface area contributed by atoms with Gasteiger partial charge in [-0.25, -0.2) is 4.98 Å². The second kappa shape index (κ2) is 9.56. The molecule has 166 valence electrons. The van der Waals surface area contributed by atoms with Gasteiger partial charge in [-0.15, -0.1) is 0 Å². The predicted octanol–water partition coefficient (Wildman–Crippen LogP) is 4.40. The zero-order valence-electron chi connectivity index (χ0n) is 17.0. The van der Waals surface area contributed by atoms with Crippen molar-refractivity contribution >= 4 is 34.2 Å². The van der Waals surface area contributed by atoms with Crippen LogP contribution in [-0.4, -0.2) is 46.3 Å². The molecule has 0 radical (unpaired) electrons. The number of aromatic nitrogens is 2. The van der Waals surface area contributed by atoms with E-state index in [2.05, 4.69) is 14.7 Å². The Morgan fingerprint density at radius 3 is 2.59 bits per heavy atom. The van der Waals surface area contributed by atoms with Crippen molar-refractivity contribution in [3.05, 3.63) is 64.9 Å². The van der Waals surface area contributed by atoms with Gasteiger partial charge in [0, 0.05) is 36.4 Å². The Hall–Kier alpha value is -3.13. The highest BCUT2D eigenvalue weighted by atomic mass is 35.5. The number of amides is 1. The molecule has 1 aliphatic heterocycles. The second-order valence-electron chi connectivity index (χ2n) is 7.58. The fourth-order valence-corrected chi connectivity index (χ4v) is 4.10. The number of benzene rings is 1. The van der Waals surface area contributed by atoms with E-state index in [4.69, 9.17) is 11.6 Å². The smallest absolute Gasteiger partial charge is 0.388 e. The maximum absolute atomic E-state index is 12.7. The lowest BCUT2D eigenvalue weighted by Gasteiger charge is -2.32. The van der Waals surface area contributed by atoms with Gasteiger partial charge in [0.15, 0.2) is 0 Å². The van der Waals surface area contributed by atoms with Crippen LogP contribution in [0.1, 0.15) is 30.0 Å². The molecule has 4 rings (SSSR count). The Morgan fingerprint density at radius 1 is 1.16 bits per heavy atom. The maximum Gasteiger partial charge on any atom is 0.388 e. The molecule has 1 fully saturated rings. The molecule has 3 aromatic rings. The van der Waals surface area contributed by atoms with Crippen LogP contribution in [0, 0.1) is 0 Å². The lowest BCUT2D eigenvalue weighted by atomic mass is 9.87. The fraction of sp³-hybridized carbons (Fsp3) is 0.304. The van der Waals surface area contributed by atoms with E-state index in [1.165, 1.54) is 11.1 Å². The summed E-state index contributed by atoms with van der Waals surface area (Å²) in [5.74, 6) is -1.17. The SMILES string of the molecule is O=C(Cc1ccc(Cl)cn1)C(=O)N1CCC(c2cc(OC(F)F)nc3ccccc23)CC1. The van der Waals surface area contributed by atoms with Crippen LogP contribution in [0.3, 0.4) is 0 Å². The average molecular weight is 460 g/mol. The van der Waals surface area contributed by atoms with E-state index in [1.807, 2.05) is 12.1 Å². The molecule has 1 saturated heterocycles. The van der Waals surface area contributed by atoms with Crippen LogP contribution in [0.5, 0.6) is 5.88 Å². The molecule has 0 saturated carbocycles. The zero-order valence-corrected chi connectivity index (χ0v) is 17.8. The first kappa shape index (κ1) is 22.1. The van der Waals surface area contributed by atoms with Gasteiger partial charge in [-0.3, -0.25) is 14.6 Å². The molecular formula is C23H20ClF2N3O3. The summed E-state index contributed by atoms with van der Waals surface area (Å²) in [6.07, 6.45) is 2.55. The van der Waals surface area contributed by atoms with Gasteiger partial charge in [-0.2, -0.15) is 8.78 Å². The average Bonchev–Trinajstić information content (AvgIpc) is 2.79. The van der Waals surface area contributed by atoms with Crippen LogP contribution in [0.15, 0.2) is 48.7 Å². The van der Waals surface area contributed by atoms with Crippen molar-refractivity contribution in [1.82, 2.24) is 14.9 Å². The number of Topliss-reactive ketones (excluding diaryl/α,β-unsaturated/α-hetero) is 1. The van der Waals surface area contributed by atoms with Crippen molar-refractivity contribution in [3.8, 4) is 5.88 Å². The van der Waals surface area contributed by atoms with Crippen LogP contribution < -0.4 is 4.74 Å². The molecule has 0 unspecified atom stereocenters. The Morgan fingerprint density at radius 2 is 1.91 bits per heavy atom. The Bertz CT molecular complexity index is 1130. The summed E-state index contributed by atoms with van der Waals surface area (Å²) < 4.78 is 30.0. The highest BCUT2D eigenvalue weighted by Crippen LogP contribution is 2.35. The first-order valence-electron chi connectivity index (χ1n) is 10.2. The summed E-state index contributed by atoms with van der Waals surface area (Å²) in [6, 6.07) is 12.1. The number of carbonyl (C=O) groups is 2. The quantitative estimate of drug-likeness (QED) is 0.511. The number of pyridine rings is 2. The number of nitrogens with zero attached hydrogens (tertiary/aromatic N) is 3. The molecule has 9 heteroatoms. The van der Waals surface area contributed by atoms with Crippen molar-refractivity contribution in [1.29, 1.82) is 0 Å². The molecule has 0 N–H and O–H groups in total. The summed E-state index contributed by atoms with van der Waals surface area (Å²) in [5.41, 5.74) is 1.91.